The molecule has 1 saturated heterocycles. The van der Waals surface area contributed by atoms with Crippen LogP contribution in [-0.2, 0) is 0 Å². The van der Waals surface area contributed by atoms with Crippen molar-refractivity contribution in [2.24, 2.45) is 0 Å². The predicted molar refractivity (Wildman–Crippen MR) is 71.4 cm³/mol. The van der Waals surface area contributed by atoms with Crippen molar-refractivity contribution in [3.05, 3.63) is 23.8 Å². The van der Waals surface area contributed by atoms with Gasteiger partial charge < -0.3 is 20.8 Å². The highest BCUT2D eigenvalue weighted by Crippen LogP contribution is 2.27. The van der Waals surface area contributed by atoms with Crippen LogP contribution in [0.3, 0.4) is 0 Å². The zero-order valence-electron chi connectivity index (χ0n) is 10.7. The maximum absolute atomic E-state index is 11.8. The fourth-order valence-corrected chi connectivity index (χ4v) is 2.07. The molecule has 0 saturated carbocycles. The third kappa shape index (κ3) is 3.59. The summed E-state index contributed by atoms with van der Waals surface area (Å²) in [6.45, 7) is 5.21. The van der Waals surface area contributed by atoms with Crippen molar-refractivity contribution in [1.82, 2.24) is 15.5 Å². The molecule has 19 heavy (non-hydrogen) atoms. The highest BCUT2D eigenvalue weighted by atomic mass is 16.3. The fourth-order valence-electron chi connectivity index (χ4n) is 2.07. The molecule has 1 aromatic carbocycles. The van der Waals surface area contributed by atoms with E-state index >= 15 is 0 Å². The lowest BCUT2D eigenvalue weighted by molar-refractivity contribution is 0.0944. The summed E-state index contributed by atoms with van der Waals surface area (Å²) in [6.07, 6.45) is 0. The molecule has 6 nitrogen and oxygen atoms in total. The van der Waals surface area contributed by atoms with E-state index in [1.807, 2.05) is 0 Å². The van der Waals surface area contributed by atoms with Crippen molar-refractivity contribution < 1.29 is 15.0 Å². The average molecular weight is 265 g/mol. The minimum atomic E-state index is -0.373. The summed E-state index contributed by atoms with van der Waals surface area (Å²) >= 11 is 0. The van der Waals surface area contributed by atoms with Crippen LogP contribution >= 0.6 is 0 Å². The quantitative estimate of drug-likeness (QED) is 0.563. The summed E-state index contributed by atoms with van der Waals surface area (Å²) in [4.78, 5) is 14.1. The van der Waals surface area contributed by atoms with Crippen molar-refractivity contribution >= 4 is 5.91 Å². The second kappa shape index (κ2) is 6.40. The highest BCUT2D eigenvalue weighted by molar-refractivity contribution is 5.97. The van der Waals surface area contributed by atoms with Gasteiger partial charge in [-0.15, -0.1) is 0 Å². The second-order valence-electron chi connectivity index (χ2n) is 4.52. The lowest BCUT2D eigenvalue weighted by Gasteiger charge is -2.27. The van der Waals surface area contributed by atoms with E-state index in [2.05, 4.69) is 15.5 Å². The number of phenols is 2. The van der Waals surface area contributed by atoms with E-state index in [-0.39, 0.29) is 23.0 Å². The zero-order valence-corrected chi connectivity index (χ0v) is 10.7. The largest absolute Gasteiger partial charge is 0.504 e. The number of phenolic OH excluding ortho intramolecular Hbond substituents is 2. The first kappa shape index (κ1) is 13.6. The van der Waals surface area contributed by atoms with E-state index in [4.69, 9.17) is 0 Å². The van der Waals surface area contributed by atoms with Crippen LogP contribution in [0, 0.1) is 0 Å². The molecule has 1 aliphatic heterocycles. The third-order valence-corrected chi connectivity index (χ3v) is 3.18. The SMILES string of the molecule is O=C(NCCN1CCNCC1)c1cccc(O)c1O. The molecule has 0 atom stereocenters. The van der Waals surface area contributed by atoms with Crippen LogP contribution < -0.4 is 10.6 Å². The van der Waals surface area contributed by atoms with Crippen LogP contribution in [-0.4, -0.2) is 60.3 Å². The van der Waals surface area contributed by atoms with E-state index in [9.17, 15) is 15.0 Å². The molecule has 1 aromatic rings. The number of rotatable bonds is 4. The first-order valence-electron chi connectivity index (χ1n) is 6.40. The van der Waals surface area contributed by atoms with Crippen molar-refractivity contribution in [3.8, 4) is 11.5 Å². The summed E-state index contributed by atoms with van der Waals surface area (Å²) in [6, 6.07) is 4.35. The molecule has 2 rings (SSSR count). The number of nitrogens with one attached hydrogen (secondary N) is 2. The summed E-state index contributed by atoms with van der Waals surface area (Å²) < 4.78 is 0. The summed E-state index contributed by atoms with van der Waals surface area (Å²) in [7, 11) is 0. The number of para-hydroxylation sites is 1. The maximum atomic E-state index is 11.8. The van der Waals surface area contributed by atoms with Gasteiger partial charge in [-0.2, -0.15) is 0 Å². The Balaban J connectivity index is 1.82. The molecular weight excluding hydrogens is 246 g/mol. The lowest BCUT2D eigenvalue weighted by atomic mass is 10.1. The van der Waals surface area contributed by atoms with Crippen molar-refractivity contribution in [1.29, 1.82) is 0 Å². The molecule has 1 fully saturated rings. The Hall–Kier alpha value is -1.79. The van der Waals surface area contributed by atoms with Crippen LogP contribution in [0.2, 0.25) is 0 Å². The van der Waals surface area contributed by atoms with Gasteiger partial charge in [0.05, 0.1) is 5.56 Å². The first-order valence-corrected chi connectivity index (χ1v) is 6.40. The van der Waals surface area contributed by atoms with E-state index in [0.717, 1.165) is 32.7 Å². The maximum Gasteiger partial charge on any atom is 0.255 e. The Kier molecular flexibility index (Phi) is 4.59. The van der Waals surface area contributed by atoms with Crippen LogP contribution in [0.25, 0.3) is 0 Å². The smallest absolute Gasteiger partial charge is 0.255 e. The van der Waals surface area contributed by atoms with Crippen molar-refractivity contribution in [2.75, 3.05) is 39.3 Å². The number of hydrogen-bond acceptors (Lipinski definition) is 5. The average Bonchev–Trinajstić information content (AvgIpc) is 2.43. The van der Waals surface area contributed by atoms with E-state index in [0.29, 0.717) is 6.54 Å². The molecule has 0 bridgehead atoms. The molecule has 1 amide bonds. The Morgan fingerprint density at radius 2 is 2.05 bits per heavy atom. The normalized spacial score (nSPS) is 16.2. The monoisotopic (exact) mass is 265 g/mol. The number of aromatic hydroxyl groups is 2. The number of hydrogen-bond donors (Lipinski definition) is 4. The number of amides is 1. The van der Waals surface area contributed by atoms with Gasteiger partial charge in [0.15, 0.2) is 11.5 Å². The number of benzene rings is 1. The minimum Gasteiger partial charge on any atom is -0.504 e. The molecule has 1 heterocycles. The Labute approximate surface area is 112 Å². The first-order chi connectivity index (χ1) is 9.18. The van der Waals surface area contributed by atoms with E-state index < -0.39 is 0 Å². The Bertz CT molecular complexity index is 445. The number of nitrogens with zero attached hydrogens (tertiary/aromatic N) is 1. The van der Waals surface area contributed by atoms with Gasteiger partial charge in [0.25, 0.3) is 5.91 Å². The molecule has 0 spiro atoms. The summed E-state index contributed by atoms with van der Waals surface area (Å²) in [5.74, 6) is -1.03. The van der Waals surface area contributed by atoms with Crippen LogP contribution in [0.5, 0.6) is 11.5 Å². The van der Waals surface area contributed by atoms with Crippen LogP contribution in [0.15, 0.2) is 18.2 Å². The number of piperazine rings is 1. The minimum absolute atomic E-state index is 0.0975. The topological polar surface area (TPSA) is 84.8 Å². The standard InChI is InChI=1S/C13H19N3O3/c17-11-3-1-2-10(12(11)18)13(19)15-6-9-16-7-4-14-5-8-16/h1-3,14,17-18H,4-9H2,(H,15,19). The third-order valence-electron chi connectivity index (χ3n) is 3.18. The molecule has 0 unspecified atom stereocenters. The van der Waals surface area contributed by atoms with Crippen molar-refractivity contribution in [3.63, 3.8) is 0 Å². The zero-order chi connectivity index (χ0) is 13.7. The lowest BCUT2D eigenvalue weighted by Crippen LogP contribution is -2.46. The van der Waals surface area contributed by atoms with Gasteiger partial charge in [0.1, 0.15) is 0 Å². The molecule has 104 valence electrons. The summed E-state index contributed by atoms with van der Waals surface area (Å²) in [5.41, 5.74) is 0.0975. The van der Waals surface area contributed by atoms with Gasteiger partial charge in [-0.25, -0.2) is 0 Å². The molecular formula is C13H19N3O3. The van der Waals surface area contributed by atoms with Gasteiger partial charge in [-0.3, -0.25) is 9.69 Å². The number of carbonyl (C=O) groups is 1. The predicted octanol–water partition coefficient (Wildman–Crippen LogP) is -0.267. The molecule has 0 aromatic heterocycles. The van der Waals surface area contributed by atoms with Gasteiger partial charge in [-0.1, -0.05) is 6.07 Å². The molecule has 4 N–H and O–H groups in total. The summed E-state index contributed by atoms with van der Waals surface area (Å²) in [5, 5.41) is 24.9. The van der Waals surface area contributed by atoms with Crippen LogP contribution in [0.1, 0.15) is 10.4 Å². The van der Waals surface area contributed by atoms with Gasteiger partial charge in [0.2, 0.25) is 0 Å². The molecule has 1 aliphatic rings. The highest BCUT2D eigenvalue weighted by Gasteiger charge is 2.14. The van der Waals surface area contributed by atoms with Gasteiger partial charge >= 0.3 is 0 Å². The van der Waals surface area contributed by atoms with E-state index in [1.54, 1.807) is 0 Å². The van der Waals surface area contributed by atoms with E-state index in [1.165, 1.54) is 18.2 Å². The second-order valence-corrected chi connectivity index (χ2v) is 4.52. The Morgan fingerprint density at radius 1 is 1.32 bits per heavy atom. The number of carbonyl (C=O) groups excluding carboxylic acids is 1. The molecule has 0 aliphatic carbocycles. The molecule has 6 heteroatoms. The van der Waals surface area contributed by atoms with Crippen LogP contribution in [0.4, 0.5) is 0 Å². The van der Waals surface area contributed by atoms with Gasteiger partial charge in [-0.05, 0) is 12.1 Å². The van der Waals surface area contributed by atoms with Gasteiger partial charge in [0, 0.05) is 39.3 Å². The Morgan fingerprint density at radius 3 is 2.79 bits per heavy atom. The fraction of sp³-hybridized carbons (Fsp3) is 0.462. The van der Waals surface area contributed by atoms with Crippen molar-refractivity contribution in [2.45, 2.75) is 0 Å². The molecule has 0 radical (unpaired) electrons.